The van der Waals surface area contributed by atoms with E-state index in [0.717, 1.165) is 26.5 Å². The van der Waals surface area contributed by atoms with E-state index in [-0.39, 0.29) is 0 Å². The maximum Gasteiger partial charge on any atom is 0.0960 e. The quantitative estimate of drug-likeness (QED) is 0.541. The third kappa shape index (κ3) is 5.93. The Labute approximate surface area is 113 Å². The molecule has 15 heavy (non-hydrogen) atoms. The van der Waals surface area contributed by atoms with E-state index in [4.69, 9.17) is 0 Å². The molecule has 1 unspecified atom stereocenters. The first kappa shape index (κ1) is 13.5. The van der Waals surface area contributed by atoms with Crippen LogP contribution in [0.4, 0.5) is 0 Å². The molecule has 0 aliphatic rings. The number of pyridine rings is 1. The van der Waals surface area contributed by atoms with Gasteiger partial charge in [-0.3, -0.25) is 0 Å². The zero-order chi connectivity index (χ0) is 11.1. The fourth-order valence-corrected chi connectivity index (χ4v) is 3.18. The van der Waals surface area contributed by atoms with Crippen LogP contribution in [0.2, 0.25) is 0 Å². The first-order valence-corrected chi connectivity index (χ1v) is 7.92. The van der Waals surface area contributed by atoms with Crippen LogP contribution < -0.4 is 0 Å². The Kier molecular flexibility index (Phi) is 6.93. The summed E-state index contributed by atoms with van der Waals surface area (Å²) in [6.07, 6.45) is 4.37. The van der Waals surface area contributed by atoms with Crippen LogP contribution in [0, 0.1) is 5.92 Å². The van der Waals surface area contributed by atoms with Crippen molar-refractivity contribution in [2.24, 2.45) is 5.92 Å². The van der Waals surface area contributed by atoms with Gasteiger partial charge in [0.2, 0.25) is 0 Å². The highest BCUT2D eigenvalue weighted by Gasteiger charge is 2.02. The largest absolute Gasteiger partial charge is 0.249 e. The summed E-state index contributed by atoms with van der Waals surface area (Å²) in [5.41, 5.74) is 0. The Hall–Kier alpha value is 0.460. The van der Waals surface area contributed by atoms with Gasteiger partial charge in [0, 0.05) is 16.0 Å². The predicted molar refractivity (Wildman–Crippen MR) is 74.9 cm³/mol. The maximum atomic E-state index is 4.33. The zero-order valence-corrected chi connectivity index (χ0v) is 12.7. The molecular formula is C11H15Br2NS. The van der Waals surface area contributed by atoms with Crippen molar-refractivity contribution in [2.45, 2.75) is 24.8 Å². The van der Waals surface area contributed by atoms with Crippen molar-refractivity contribution < 1.29 is 0 Å². The maximum absolute atomic E-state index is 4.33. The lowest BCUT2D eigenvalue weighted by Gasteiger charge is -2.08. The van der Waals surface area contributed by atoms with E-state index in [2.05, 4.69) is 49.8 Å². The summed E-state index contributed by atoms with van der Waals surface area (Å²) in [6, 6.07) is 4.10. The van der Waals surface area contributed by atoms with Gasteiger partial charge in [-0.1, -0.05) is 22.9 Å². The van der Waals surface area contributed by atoms with E-state index in [1.54, 1.807) is 0 Å². The van der Waals surface area contributed by atoms with Crippen LogP contribution in [0.5, 0.6) is 0 Å². The van der Waals surface area contributed by atoms with Gasteiger partial charge in [0.05, 0.1) is 5.03 Å². The topological polar surface area (TPSA) is 12.9 Å². The number of halogens is 2. The van der Waals surface area contributed by atoms with E-state index in [9.17, 15) is 0 Å². The molecular weight excluding hydrogens is 338 g/mol. The minimum Gasteiger partial charge on any atom is -0.249 e. The lowest BCUT2D eigenvalue weighted by Crippen LogP contribution is -1.97. The molecule has 0 radical (unpaired) electrons. The Morgan fingerprint density at radius 1 is 1.40 bits per heavy atom. The van der Waals surface area contributed by atoms with Gasteiger partial charge in [-0.05, 0) is 52.6 Å². The second-order valence-corrected chi connectivity index (χ2v) is 6.36. The molecule has 0 aliphatic carbocycles. The standard InChI is InChI=1S/C11H15Br2NS/c1-9(4-6-12)5-7-15-11-3-2-10(13)8-14-11/h2-3,8-9H,4-7H2,1H3. The molecule has 1 aromatic rings. The Morgan fingerprint density at radius 3 is 2.80 bits per heavy atom. The summed E-state index contributed by atoms with van der Waals surface area (Å²) in [5, 5.41) is 2.22. The number of thioether (sulfide) groups is 1. The van der Waals surface area contributed by atoms with Crippen molar-refractivity contribution in [2.75, 3.05) is 11.1 Å². The Morgan fingerprint density at radius 2 is 2.20 bits per heavy atom. The lowest BCUT2D eigenvalue weighted by molar-refractivity contribution is 0.555. The molecule has 1 aromatic heterocycles. The van der Waals surface area contributed by atoms with Crippen LogP contribution >= 0.6 is 43.6 Å². The van der Waals surface area contributed by atoms with Gasteiger partial charge in [-0.2, -0.15) is 0 Å². The zero-order valence-electron chi connectivity index (χ0n) is 8.75. The summed E-state index contributed by atoms with van der Waals surface area (Å²) in [6.45, 7) is 2.30. The summed E-state index contributed by atoms with van der Waals surface area (Å²) in [7, 11) is 0. The SMILES string of the molecule is CC(CCBr)CCSc1ccc(Br)cn1. The van der Waals surface area contributed by atoms with Crippen molar-refractivity contribution in [3.05, 3.63) is 22.8 Å². The Bertz CT molecular complexity index is 276. The van der Waals surface area contributed by atoms with Gasteiger partial charge < -0.3 is 0 Å². The molecule has 0 fully saturated rings. The molecule has 4 heteroatoms. The van der Waals surface area contributed by atoms with Gasteiger partial charge in [0.1, 0.15) is 0 Å². The molecule has 0 bridgehead atoms. The minimum absolute atomic E-state index is 0.798. The van der Waals surface area contributed by atoms with Crippen molar-refractivity contribution >= 4 is 43.6 Å². The molecule has 84 valence electrons. The first-order valence-electron chi connectivity index (χ1n) is 5.02. The first-order chi connectivity index (χ1) is 7.22. The molecule has 0 aliphatic heterocycles. The normalized spacial score (nSPS) is 12.7. The highest BCUT2D eigenvalue weighted by atomic mass is 79.9. The van der Waals surface area contributed by atoms with E-state index in [1.165, 1.54) is 12.8 Å². The number of aromatic nitrogens is 1. The molecule has 0 saturated carbocycles. The molecule has 1 heterocycles. The molecule has 0 spiro atoms. The van der Waals surface area contributed by atoms with Gasteiger partial charge in [0.15, 0.2) is 0 Å². The molecule has 1 atom stereocenters. The van der Waals surface area contributed by atoms with Crippen LogP contribution in [0.25, 0.3) is 0 Å². The van der Waals surface area contributed by atoms with Gasteiger partial charge >= 0.3 is 0 Å². The average molecular weight is 353 g/mol. The summed E-state index contributed by atoms with van der Waals surface area (Å²) < 4.78 is 1.04. The third-order valence-electron chi connectivity index (χ3n) is 2.16. The molecule has 0 amide bonds. The number of hydrogen-bond donors (Lipinski definition) is 0. The number of hydrogen-bond acceptors (Lipinski definition) is 2. The number of rotatable bonds is 6. The van der Waals surface area contributed by atoms with Crippen LogP contribution in [-0.4, -0.2) is 16.1 Å². The minimum atomic E-state index is 0.798. The van der Waals surface area contributed by atoms with Crippen LogP contribution in [0.15, 0.2) is 27.8 Å². The smallest absolute Gasteiger partial charge is 0.0960 e. The highest BCUT2D eigenvalue weighted by molar-refractivity contribution is 9.10. The highest BCUT2D eigenvalue weighted by Crippen LogP contribution is 2.21. The second kappa shape index (κ2) is 7.69. The van der Waals surface area contributed by atoms with Crippen LogP contribution in [0.1, 0.15) is 19.8 Å². The van der Waals surface area contributed by atoms with E-state index in [0.29, 0.717) is 0 Å². The molecule has 0 aromatic carbocycles. The molecule has 1 nitrogen and oxygen atoms in total. The van der Waals surface area contributed by atoms with Crippen molar-refractivity contribution in [1.82, 2.24) is 4.98 Å². The van der Waals surface area contributed by atoms with Crippen LogP contribution in [0.3, 0.4) is 0 Å². The molecule has 1 rings (SSSR count). The third-order valence-corrected chi connectivity index (χ3v) is 4.07. The number of alkyl halides is 1. The van der Waals surface area contributed by atoms with Gasteiger partial charge in [0.25, 0.3) is 0 Å². The fourth-order valence-electron chi connectivity index (χ4n) is 1.14. The second-order valence-electron chi connectivity index (χ2n) is 3.53. The predicted octanol–water partition coefficient (Wildman–Crippen LogP) is 4.75. The summed E-state index contributed by atoms with van der Waals surface area (Å²) >= 11 is 8.69. The van der Waals surface area contributed by atoms with Crippen molar-refractivity contribution in [3.63, 3.8) is 0 Å². The summed E-state index contributed by atoms with van der Waals surface area (Å²) in [4.78, 5) is 4.33. The Balaban J connectivity index is 2.22. The molecule has 0 saturated heterocycles. The van der Waals surface area contributed by atoms with Gasteiger partial charge in [-0.15, -0.1) is 11.8 Å². The van der Waals surface area contributed by atoms with E-state index >= 15 is 0 Å². The van der Waals surface area contributed by atoms with Gasteiger partial charge in [-0.25, -0.2) is 4.98 Å². The average Bonchev–Trinajstić information content (AvgIpc) is 2.21. The molecule has 0 N–H and O–H groups in total. The van der Waals surface area contributed by atoms with E-state index < -0.39 is 0 Å². The van der Waals surface area contributed by atoms with Crippen molar-refractivity contribution in [3.8, 4) is 0 Å². The lowest BCUT2D eigenvalue weighted by atomic mass is 10.1. The fraction of sp³-hybridized carbons (Fsp3) is 0.545. The van der Waals surface area contributed by atoms with Crippen molar-refractivity contribution in [1.29, 1.82) is 0 Å². The van der Waals surface area contributed by atoms with Crippen LogP contribution in [-0.2, 0) is 0 Å². The number of nitrogens with zero attached hydrogens (tertiary/aromatic N) is 1. The van der Waals surface area contributed by atoms with E-state index in [1.807, 2.05) is 24.0 Å². The monoisotopic (exact) mass is 351 g/mol. The summed E-state index contributed by atoms with van der Waals surface area (Å²) in [5.74, 6) is 1.95.